The summed E-state index contributed by atoms with van der Waals surface area (Å²) in [5.41, 5.74) is 2.99. The monoisotopic (exact) mass is 198 g/mol. The van der Waals surface area contributed by atoms with Crippen molar-refractivity contribution in [2.45, 2.75) is 6.42 Å². The summed E-state index contributed by atoms with van der Waals surface area (Å²) < 4.78 is 21.5. The van der Waals surface area contributed by atoms with E-state index in [4.69, 9.17) is 4.55 Å². The van der Waals surface area contributed by atoms with E-state index in [0.717, 1.165) is 18.7 Å². The van der Waals surface area contributed by atoms with E-state index in [1.807, 2.05) is 12.1 Å². The van der Waals surface area contributed by atoms with Gasteiger partial charge in [-0.2, -0.15) is 0 Å². The lowest BCUT2D eigenvalue weighted by atomic mass is 10.1. The molecule has 1 aromatic rings. The minimum absolute atomic E-state index is 0.684. The Labute approximate surface area is 78.8 Å². The summed E-state index contributed by atoms with van der Waals surface area (Å²) in [5, 5.41) is 3.21. The van der Waals surface area contributed by atoms with Crippen molar-refractivity contribution in [1.29, 1.82) is 0 Å². The topological polar surface area (TPSA) is 61.4 Å². The van der Waals surface area contributed by atoms with Crippen LogP contribution < -0.4 is 10.0 Å². The molecule has 0 aromatic heterocycles. The molecule has 0 saturated carbocycles. The maximum absolute atomic E-state index is 10.5. The van der Waals surface area contributed by atoms with Crippen molar-refractivity contribution in [3.8, 4) is 0 Å². The van der Waals surface area contributed by atoms with Crippen molar-refractivity contribution >= 4 is 22.6 Å². The minimum atomic E-state index is -1.98. The Morgan fingerprint density at radius 3 is 3.15 bits per heavy atom. The quantitative estimate of drug-likeness (QED) is 0.626. The zero-order chi connectivity index (χ0) is 9.26. The van der Waals surface area contributed by atoms with Crippen LogP contribution in [0.15, 0.2) is 18.2 Å². The first-order valence-corrected chi connectivity index (χ1v) is 5.11. The van der Waals surface area contributed by atoms with Crippen molar-refractivity contribution in [3.63, 3.8) is 0 Å². The Morgan fingerprint density at radius 2 is 2.38 bits per heavy atom. The van der Waals surface area contributed by atoms with Crippen LogP contribution in [0.4, 0.5) is 11.4 Å². The summed E-state index contributed by atoms with van der Waals surface area (Å²) in [7, 11) is 0. The number of nitrogens with one attached hydrogen (secondary N) is 2. The molecule has 0 spiro atoms. The Kier molecular flexibility index (Phi) is 2.20. The molecule has 3 N–H and O–H groups in total. The van der Waals surface area contributed by atoms with Gasteiger partial charge in [0.1, 0.15) is 0 Å². The van der Waals surface area contributed by atoms with Gasteiger partial charge in [-0.3, -0.25) is 9.27 Å². The van der Waals surface area contributed by atoms with E-state index in [9.17, 15) is 4.21 Å². The number of rotatable bonds is 2. The fourth-order valence-corrected chi connectivity index (χ4v) is 1.80. The second-order valence-corrected chi connectivity index (χ2v) is 3.60. The van der Waals surface area contributed by atoms with Crippen molar-refractivity contribution < 1.29 is 8.76 Å². The van der Waals surface area contributed by atoms with Gasteiger partial charge in [-0.05, 0) is 30.2 Å². The highest BCUT2D eigenvalue weighted by Gasteiger charge is 2.09. The molecule has 0 radical (unpaired) electrons. The third-order valence-corrected chi connectivity index (χ3v) is 2.43. The van der Waals surface area contributed by atoms with Crippen LogP contribution in [0, 0.1) is 0 Å². The van der Waals surface area contributed by atoms with E-state index in [-0.39, 0.29) is 0 Å². The number of hydrogen-bond acceptors (Lipinski definition) is 2. The fraction of sp³-hybridized carbons (Fsp3) is 0.250. The van der Waals surface area contributed by atoms with Crippen LogP contribution in [0.25, 0.3) is 0 Å². The molecule has 1 aliphatic heterocycles. The van der Waals surface area contributed by atoms with Crippen LogP contribution in [-0.2, 0) is 17.7 Å². The molecule has 0 saturated heterocycles. The second-order valence-electron chi connectivity index (χ2n) is 2.90. The maximum atomic E-state index is 10.5. The van der Waals surface area contributed by atoms with Gasteiger partial charge in [-0.15, -0.1) is 0 Å². The summed E-state index contributed by atoms with van der Waals surface area (Å²) >= 11 is -1.98. The molecule has 0 amide bonds. The van der Waals surface area contributed by atoms with Crippen molar-refractivity contribution in [3.05, 3.63) is 23.8 Å². The lowest BCUT2D eigenvalue weighted by Gasteiger charge is -2.03. The first-order chi connectivity index (χ1) is 6.25. The summed E-state index contributed by atoms with van der Waals surface area (Å²) in [6.45, 7) is 0.945. The smallest absolute Gasteiger partial charge is 0.259 e. The molecule has 13 heavy (non-hydrogen) atoms. The third kappa shape index (κ3) is 1.81. The zero-order valence-electron chi connectivity index (χ0n) is 6.91. The van der Waals surface area contributed by atoms with E-state index >= 15 is 0 Å². The number of fused-ring (bicyclic) bond motifs is 1. The van der Waals surface area contributed by atoms with Crippen molar-refractivity contribution in [2.24, 2.45) is 0 Å². The van der Waals surface area contributed by atoms with Gasteiger partial charge in [0.2, 0.25) is 0 Å². The highest BCUT2D eigenvalue weighted by molar-refractivity contribution is 7.80. The van der Waals surface area contributed by atoms with Gasteiger partial charge in [-0.1, -0.05) is 0 Å². The fourth-order valence-electron chi connectivity index (χ4n) is 1.47. The van der Waals surface area contributed by atoms with Gasteiger partial charge in [-0.25, -0.2) is 4.21 Å². The van der Waals surface area contributed by atoms with Gasteiger partial charge in [0.15, 0.2) is 0 Å². The maximum Gasteiger partial charge on any atom is 0.259 e. The average Bonchev–Trinajstić information content (AvgIpc) is 2.49. The molecule has 1 unspecified atom stereocenters. The minimum Gasteiger partial charge on any atom is -0.384 e. The van der Waals surface area contributed by atoms with Crippen LogP contribution in [0.1, 0.15) is 5.56 Å². The van der Waals surface area contributed by atoms with Gasteiger partial charge < -0.3 is 5.32 Å². The molecular formula is C8H10N2O2S. The van der Waals surface area contributed by atoms with Gasteiger partial charge in [0.25, 0.3) is 11.3 Å². The van der Waals surface area contributed by atoms with E-state index in [1.54, 1.807) is 6.07 Å². The molecule has 1 aliphatic rings. The molecule has 1 atom stereocenters. The zero-order valence-corrected chi connectivity index (χ0v) is 7.73. The van der Waals surface area contributed by atoms with Crippen molar-refractivity contribution in [2.75, 3.05) is 16.6 Å². The van der Waals surface area contributed by atoms with Crippen LogP contribution >= 0.6 is 0 Å². The Balaban J connectivity index is 2.25. The van der Waals surface area contributed by atoms with Crippen LogP contribution in [0.3, 0.4) is 0 Å². The first-order valence-electron chi connectivity index (χ1n) is 4.00. The SMILES string of the molecule is O=S(O)Nc1ccc2c(c1)CCN2. The lowest BCUT2D eigenvalue weighted by molar-refractivity contribution is 0.570. The molecule has 70 valence electrons. The Morgan fingerprint density at radius 1 is 1.54 bits per heavy atom. The molecule has 2 rings (SSSR count). The summed E-state index contributed by atoms with van der Waals surface area (Å²) in [6.07, 6.45) is 0.975. The number of hydrogen-bond donors (Lipinski definition) is 3. The highest BCUT2D eigenvalue weighted by atomic mass is 32.2. The van der Waals surface area contributed by atoms with Crippen LogP contribution in [-0.4, -0.2) is 15.3 Å². The molecule has 1 heterocycles. The molecule has 0 fully saturated rings. The van der Waals surface area contributed by atoms with Crippen LogP contribution in [0.2, 0.25) is 0 Å². The normalized spacial score (nSPS) is 16.1. The van der Waals surface area contributed by atoms with E-state index in [1.165, 1.54) is 5.56 Å². The Hall–Kier alpha value is -1.07. The lowest BCUT2D eigenvalue weighted by Crippen LogP contribution is -2.01. The van der Waals surface area contributed by atoms with E-state index in [2.05, 4.69) is 10.0 Å². The second kappa shape index (κ2) is 3.35. The Bertz CT molecular complexity index is 354. The van der Waals surface area contributed by atoms with E-state index < -0.39 is 11.3 Å². The van der Waals surface area contributed by atoms with Gasteiger partial charge in [0, 0.05) is 17.9 Å². The molecule has 0 aliphatic carbocycles. The predicted octanol–water partition coefficient (Wildman–Crippen LogP) is 1.20. The number of benzene rings is 1. The summed E-state index contributed by atoms with van der Waals surface area (Å²) in [5.74, 6) is 0. The summed E-state index contributed by atoms with van der Waals surface area (Å²) in [6, 6.07) is 5.59. The molecule has 0 bridgehead atoms. The van der Waals surface area contributed by atoms with Crippen molar-refractivity contribution in [1.82, 2.24) is 0 Å². The number of anilines is 2. The van der Waals surface area contributed by atoms with Gasteiger partial charge in [0.05, 0.1) is 0 Å². The molecule has 5 heteroatoms. The molecule has 4 nitrogen and oxygen atoms in total. The molecule has 1 aromatic carbocycles. The van der Waals surface area contributed by atoms with Crippen LogP contribution in [0.5, 0.6) is 0 Å². The molecular weight excluding hydrogens is 188 g/mol. The first kappa shape index (κ1) is 8.52. The largest absolute Gasteiger partial charge is 0.384 e. The summed E-state index contributed by atoms with van der Waals surface area (Å²) in [4.78, 5) is 0. The predicted molar refractivity (Wildman–Crippen MR) is 53.0 cm³/mol. The highest BCUT2D eigenvalue weighted by Crippen LogP contribution is 2.25. The average molecular weight is 198 g/mol. The standard InChI is InChI=1S/C8H10N2O2S/c11-13(12)10-7-1-2-8-6(5-7)3-4-9-8/h1-2,5,9-10H,3-4H2,(H,11,12). The third-order valence-electron chi connectivity index (χ3n) is 2.02. The van der Waals surface area contributed by atoms with E-state index in [0.29, 0.717) is 5.69 Å². The van der Waals surface area contributed by atoms with Gasteiger partial charge >= 0.3 is 0 Å².